The number of phosphoric acid groups is 2. The van der Waals surface area contributed by atoms with E-state index in [4.69, 9.17) is 32.6 Å². The van der Waals surface area contributed by atoms with Gasteiger partial charge in [0.2, 0.25) is 0 Å². The third-order valence-corrected chi connectivity index (χ3v) is 8.23. The van der Waals surface area contributed by atoms with Crippen molar-refractivity contribution in [2.45, 2.75) is 0 Å². The van der Waals surface area contributed by atoms with Crippen molar-refractivity contribution in [2.24, 2.45) is 0 Å². The van der Waals surface area contributed by atoms with Gasteiger partial charge in [0, 0.05) is 0 Å². The summed E-state index contributed by atoms with van der Waals surface area (Å²) in [6.07, 6.45) is 0. The van der Waals surface area contributed by atoms with Gasteiger partial charge in [0.1, 0.15) is 34.5 Å². The highest BCUT2D eigenvalue weighted by Crippen LogP contribution is 2.64. The number of hydrogen-bond acceptors (Lipinski definition) is 9. The normalized spacial score (nSPS) is 10.9. The van der Waals surface area contributed by atoms with Crippen molar-refractivity contribution >= 4 is 15.6 Å². The fraction of sp³-hybridized carbons (Fsp3) is 0. The number of para-hydroxylation sites is 4. The molecule has 0 saturated heterocycles. The predicted octanol–water partition coefficient (Wildman–Crippen LogP) is 8.63. The summed E-state index contributed by atoms with van der Waals surface area (Å²) in [6.45, 7) is 0. The fourth-order valence-corrected chi connectivity index (χ4v) is 6.23. The van der Waals surface area contributed by atoms with Crippen LogP contribution in [0.1, 0.15) is 0 Å². The van der Waals surface area contributed by atoms with Crippen LogP contribution in [0.5, 0.6) is 34.5 Å². The average molecular weight is 592 g/mol. The fourth-order valence-electron chi connectivity index (χ4n) is 3.12. The zero-order chi connectivity index (χ0) is 29.0. The molecule has 41 heavy (non-hydrogen) atoms. The van der Waals surface area contributed by atoms with Gasteiger partial charge < -0.3 is 28.3 Å². The van der Waals surface area contributed by atoms with Crippen LogP contribution in [0.25, 0.3) is 0 Å². The number of phosphoric ester groups is 2. The second kappa shape index (κ2) is 14.1. The van der Waals surface area contributed by atoms with Crippen molar-refractivity contribution in [3.05, 3.63) is 146 Å². The van der Waals surface area contributed by atoms with Gasteiger partial charge in [0.15, 0.2) is 0 Å². The molecule has 0 radical (unpaired) electrons. The highest BCUT2D eigenvalue weighted by molar-refractivity contribution is 7.63. The van der Waals surface area contributed by atoms with Gasteiger partial charge >= 0.3 is 15.6 Å². The Bertz CT molecular complexity index is 1360. The van der Waals surface area contributed by atoms with Gasteiger partial charge in [0.25, 0.3) is 0 Å². The van der Waals surface area contributed by atoms with E-state index in [1.165, 1.54) is 24.3 Å². The van der Waals surface area contributed by atoms with Crippen LogP contribution in [-0.4, -0.2) is 10.2 Å². The molecule has 210 valence electrons. The minimum absolute atomic E-state index is 0.169. The zero-order valence-corrected chi connectivity index (χ0v) is 23.3. The van der Waals surface area contributed by atoms with Crippen LogP contribution < -0.4 is 18.1 Å². The van der Waals surface area contributed by atoms with Crippen LogP contribution >= 0.6 is 15.6 Å². The van der Waals surface area contributed by atoms with E-state index in [-0.39, 0.29) is 34.5 Å². The molecular formula is C30H26O9P2. The van der Waals surface area contributed by atoms with E-state index in [9.17, 15) is 9.13 Å². The molecule has 0 heterocycles. The maximum Gasteiger partial charge on any atom is 0.598 e. The molecule has 0 aliphatic carbocycles. The molecule has 0 saturated carbocycles. The number of aromatic hydroxyl groups is 2. The first-order chi connectivity index (χ1) is 19.8. The van der Waals surface area contributed by atoms with Gasteiger partial charge in [-0.05, 0) is 72.8 Å². The summed E-state index contributed by atoms with van der Waals surface area (Å²) < 4.78 is 55.2. The SMILES string of the molecule is O=P(Oc1ccccc1)(Oc1ccccc1)OP(=O)(Oc1ccccc1)Oc1ccccc1.Oc1ccc(O)cc1. The van der Waals surface area contributed by atoms with E-state index in [1.54, 1.807) is 121 Å². The summed E-state index contributed by atoms with van der Waals surface area (Å²) >= 11 is 0. The monoisotopic (exact) mass is 592 g/mol. The summed E-state index contributed by atoms with van der Waals surface area (Å²) in [7, 11) is -9.14. The number of hydrogen-bond donors (Lipinski definition) is 2. The Morgan fingerprint density at radius 3 is 0.805 bits per heavy atom. The summed E-state index contributed by atoms with van der Waals surface area (Å²) in [5.41, 5.74) is 0. The maximum atomic E-state index is 13.7. The maximum absolute atomic E-state index is 13.7. The molecule has 2 N–H and O–H groups in total. The molecule has 0 fully saturated rings. The molecule has 5 aromatic rings. The number of phenolic OH excluding ortho intramolecular Hbond substituents is 2. The summed E-state index contributed by atoms with van der Waals surface area (Å²) in [6, 6.07) is 38.7. The molecule has 0 bridgehead atoms. The van der Waals surface area contributed by atoms with E-state index >= 15 is 0 Å². The van der Waals surface area contributed by atoms with Crippen molar-refractivity contribution in [3.63, 3.8) is 0 Å². The van der Waals surface area contributed by atoms with Gasteiger partial charge in [-0.25, -0.2) is 9.13 Å². The van der Waals surface area contributed by atoms with Crippen LogP contribution in [0, 0.1) is 0 Å². The Hall–Kier alpha value is -4.68. The highest BCUT2D eigenvalue weighted by atomic mass is 31.3. The molecule has 0 aromatic heterocycles. The standard InChI is InChI=1S/C24H20O7P2.C6H6O2/c25-32(27-21-13-5-1-6-14-21,28-22-15-7-2-8-16-22)31-33(26,29-23-17-9-3-10-18-23)30-24-19-11-4-12-20-24;7-5-1-2-6(8)4-3-5/h1-20H;1-4,7-8H. The van der Waals surface area contributed by atoms with E-state index in [1.807, 2.05) is 0 Å². The van der Waals surface area contributed by atoms with Crippen molar-refractivity contribution < 1.29 is 41.7 Å². The first-order valence-corrected chi connectivity index (χ1v) is 15.1. The molecule has 0 aliphatic rings. The third-order valence-electron chi connectivity index (χ3n) is 4.89. The van der Waals surface area contributed by atoms with Gasteiger partial charge in [-0.3, -0.25) is 0 Å². The van der Waals surface area contributed by atoms with E-state index in [0.29, 0.717) is 0 Å². The van der Waals surface area contributed by atoms with Gasteiger partial charge in [-0.1, -0.05) is 72.8 Å². The molecule has 0 aliphatic heterocycles. The van der Waals surface area contributed by atoms with Crippen molar-refractivity contribution in [1.29, 1.82) is 0 Å². The lowest BCUT2D eigenvalue weighted by Crippen LogP contribution is -2.10. The lowest BCUT2D eigenvalue weighted by Gasteiger charge is -2.23. The Kier molecular flexibility index (Phi) is 10.1. The molecule has 9 nitrogen and oxygen atoms in total. The lowest BCUT2D eigenvalue weighted by atomic mass is 10.3. The molecule has 0 spiro atoms. The van der Waals surface area contributed by atoms with Gasteiger partial charge in [-0.15, -0.1) is 4.31 Å². The second-order valence-electron chi connectivity index (χ2n) is 8.11. The molecule has 0 unspecified atom stereocenters. The Balaban J connectivity index is 0.000000417. The van der Waals surface area contributed by atoms with Crippen LogP contribution in [0.3, 0.4) is 0 Å². The lowest BCUT2D eigenvalue weighted by molar-refractivity contribution is 0.243. The molecule has 0 atom stereocenters. The minimum atomic E-state index is -4.57. The van der Waals surface area contributed by atoms with Gasteiger partial charge in [0.05, 0.1) is 0 Å². The van der Waals surface area contributed by atoms with Gasteiger partial charge in [-0.2, -0.15) is 0 Å². The summed E-state index contributed by atoms with van der Waals surface area (Å²) in [5, 5.41) is 17.3. The topological polar surface area (TPSA) is 121 Å². The smallest absolute Gasteiger partial charge is 0.508 e. The highest BCUT2D eigenvalue weighted by Gasteiger charge is 2.46. The predicted molar refractivity (Wildman–Crippen MR) is 154 cm³/mol. The number of benzene rings is 5. The number of rotatable bonds is 10. The van der Waals surface area contributed by atoms with E-state index < -0.39 is 15.6 Å². The summed E-state index contributed by atoms with van der Waals surface area (Å²) in [4.78, 5) is 0. The third kappa shape index (κ3) is 9.78. The zero-order valence-electron chi connectivity index (χ0n) is 21.5. The van der Waals surface area contributed by atoms with E-state index in [0.717, 1.165) is 0 Å². The second-order valence-corrected chi connectivity index (χ2v) is 11.3. The van der Waals surface area contributed by atoms with Crippen LogP contribution in [0.4, 0.5) is 0 Å². The van der Waals surface area contributed by atoms with Crippen molar-refractivity contribution in [3.8, 4) is 34.5 Å². The first-order valence-electron chi connectivity index (χ1n) is 12.2. The molecule has 5 aromatic carbocycles. The molecular weight excluding hydrogens is 566 g/mol. The summed E-state index contributed by atoms with van der Waals surface area (Å²) in [5.74, 6) is 1.07. The van der Waals surface area contributed by atoms with Crippen LogP contribution in [0.2, 0.25) is 0 Å². The molecule has 0 amide bonds. The van der Waals surface area contributed by atoms with Crippen molar-refractivity contribution in [1.82, 2.24) is 0 Å². The Morgan fingerprint density at radius 2 is 0.585 bits per heavy atom. The number of phenols is 2. The van der Waals surface area contributed by atoms with E-state index in [2.05, 4.69) is 0 Å². The Morgan fingerprint density at radius 1 is 0.366 bits per heavy atom. The van der Waals surface area contributed by atoms with Crippen LogP contribution in [-0.2, 0) is 13.4 Å². The largest absolute Gasteiger partial charge is 0.598 e. The molecule has 11 heteroatoms. The Labute approximate surface area is 237 Å². The quantitative estimate of drug-likeness (QED) is 0.121. The first kappa shape index (κ1) is 29.3. The molecule has 5 rings (SSSR count). The van der Waals surface area contributed by atoms with Crippen LogP contribution in [0.15, 0.2) is 146 Å². The average Bonchev–Trinajstić information content (AvgIpc) is 2.96. The minimum Gasteiger partial charge on any atom is -0.508 e. The van der Waals surface area contributed by atoms with Crippen molar-refractivity contribution in [2.75, 3.05) is 0 Å².